The lowest BCUT2D eigenvalue weighted by molar-refractivity contribution is -0.132. The molecule has 1 amide bonds. The SMILES string of the molecule is CCOC(=O)c1cccc(N2C(=O)C(=O)/C(=C(/O)c3ccc(OCC)cc3)C2c2cccc(OC)c2)c1. The number of methoxy groups -OCH3 is 1. The van der Waals surface area contributed by atoms with Crippen LogP contribution in [0.3, 0.4) is 0 Å². The van der Waals surface area contributed by atoms with Crippen LogP contribution in [0.2, 0.25) is 0 Å². The first-order valence-electron chi connectivity index (χ1n) is 11.8. The maximum atomic E-state index is 13.4. The number of hydrogen-bond acceptors (Lipinski definition) is 7. The molecule has 1 fully saturated rings. The van der Waals surface area contributed by atoms with Crippen molar-refractivity contribution >= 4 is 29.1 Å². The summed E-state index contributed by atoms with van der Waals surface area (Å²) in [5.74, 6) is -1.42. The van der Waals surface area contributed by atoms with Crippen molar-refractivity contribution in [2.75, 3.05) is 25.2 Å². The molecular weight excluding hydrogens is 474 g/mol. The maximum Gasteiger partial charge on any atom is 0.338 e. The molecule has 0 saturated carbocycles. The van der Waals surface area contributed by atoms with E-state index in [0.29, 0.717) is 34.9 Å². The van der Waals surface area contributed by atoms with E-state index in [1.54, 1.807) is 73.7 Å². The molecule has 8 nitrogen and oxygen atoms in total. The third kappa shape index (κ3) is 5.04. The molecule has 1 heterocycles. The van der Waals surface area contributed by atoms with Crippen LogP contribution in [0.25, 0.3) is 5.76 Å². The van der Waals surface area contributed by atoms with E-state index in [1.807, 2.05) is 6.92 Å². The lowest BCUT2D eigenvalue weighted by Gasteiger charge is -2.26. The number of Topliss-reactive ketones (excluding diaryl/α,β-unsaturated/α-hetero) is 1. The Morgan fingerprint density at radius 3 is 2.30 bits per heavy atom. The molecule has 1 unspecified atom stereocenters. The first-order valence-corrected chi connectivity index (χ1v) is 11.8. The molecule has 1 saturated heterocycles. The molecule has 0 bridgehead atoms. The number of hydrogen-bond donors (Lipinski definition) is 1. The minimum absolute atomic E-state index is 0.0797. The standard InChI is InChI=1S/C29H27NO7/c1-4-36-22-14-12-18(13-15-22)26(31)24-25(19-8-7-11-23(17-19)35-3)30(28(33)27(24)32)21-10-6-9-20(16-21)29(34)37-5-2/h6-17,25,31H,4-5H2,1-3H3/b26-24+. The van der Waals surface area contributed by atoms with Gasteiger partial charge in [-0.15, -0.1) is 0 Å². The van der Waals surface area contributed by atoms with Crippen LogP contribution in [0.4, 0.5) is 5.69 Å². The Morgan fingerprint density at radius 2 is 1.62 bits per heavy atom. The van der Waals surface area contributed by atoms with E-state index in [9.17, 15) is 19.5 Å². The molecule has 8 heteroatoms. The van der Waals surface area contributed by atoms with Crippen molar-refractivity contribution in [3.63, 3.8) is 0 Å². The topological polar surface area (TPSA) is 102 Å². The lowest BCUT2D eigenvalue weighted by Crippen LogP contribution is -2.29. The van der Waals surface area contributed by atoms with Gasteiger partial charge < -0.3 is 19.3 Å². The summed E-state index contributed by atoms with van der Waals surface area (Å²) in [7, 11) is 1.51. The van der Waals surface area contributed by atoms with Crippen LogP contribution in [-0.2, 0) is 14.3 Å². The summed E-state index contributed by atoms with van der Waals surface area (Å²) in [6.45, 7) is 4.24. The van der Waals surface area contributed by atoms with Gasteiger partial charge in [-0.2, -0.15) is 0 Å². The van der Waals surface area contributed by atoms with Gasteiger partial charge >= 0.3 is 5.97 Å². The van der Waals surface area contributed by atoms with E-state index in [1.165, 1.54) is 18.1 Å². The van der Waals surface area contributed by atoms with Crippen LogP contribution in [-0.4, -0.2) is 43.1 Å². The lowest BCUT2D eigenvalue weighted by atomic mass is 9.95. The largest absolute Gasteiger partial charge is 0.507 e. The van der Waals surface area contributed by atoms with E-state index in [0.717, 1.165) is 0 Å². The zero-order chi connectivity index (χ0) is 26.5. The molecular formula is C29H27NO7. The van der Waals surface area contributed by atoms with Gasteiger partial charge in [-0.1, -0.05) is 18.2 Å². The second kappa shape index (κ2) is 11.0. The molecule has 37 heavy (non-hydrogen) atoms. The summed E-state index contributed by atoms with van der Waals surface area (Å²) in [6.07, 6.45) is 0. The van der Waals surface area contributed by atoms with Crippen molar-refractivity contribution in [1.29, 1.82) is 0 Å². The number of aliphatic hydroxyl groups is 1. The smallest absolute Gasteiger partial charge is 0.338 e. The van der Waals surface area contributed by atoms with Gasteiger partial charge in [-0.3, -0.25) is 14.5 Å². The van der Waals surface area contributed by atoms with Crippen LogP contribution >= 0.6 is 0 Å². The zero-order valence-corrected chi connectivity index (χ0v) is 20.8. The van der Waals surface area contributed by atoms with Crippen LogP contribution in [0.5, 0.6) is 11.5 Å². The van der Waals surface area contributed by atoms with E-state index < -0.39 is 23.7 Å². The molecule has 0 aromatic heterocycles. The Kier molecular flexibility index (Phi) is 7.57. The van der Waals surface area contributed by atoms with Gasteiger partial charge in [-0.25, -0.2) is 4.79 Å². The fourth-order valence-corrected chi connectivity index (χ4v) is 4.25. The highest BCUT2D eigenvalue weighted by Gasteiger charge is 2.47. The average Bonchev–Trinajstić information content (AvgIpc) is 3.19. The van der Waals surface area contributed by atoms with Gasteiger partial charge in [0.2, 0.25) is 0 Å². The quantitative estimate of drug-likeness (QED) is 0.203. The fourth-order valence-electron chi connectivity index (χ4n) is 4.25. The maximum absolute atomic E-state index is 13.4. The number of benzene rings is 3. The molecule has 1 aliphatic rings. The zero-order valence-electron chi connectivity index (χ0n) is 20.8. The number of ether oxygens (including phenoxy) is 3. The number of rotatable bonds is 8. The number of ketones is 1. The van der Waals surface area contributed by atoms with E-state index in [-0.39, 0.29) is 23.5 Å². The van der Waals surface area contributed by atoms with Gasteiger partial charge in [0, 0.05) is 11.3 Å². The van der Waals surface area contributed by atoms with Crippen LogP contribution in [0.1, 0.15) is 41.4 Å². The third-order valence-electron chi connectivity index (χ3n) is 5.93. The average molecular weight is 502 g/mol. The second-order valence-electron chi connectivity index (χ2n) is 8.17. The van der Waals surface area contributed by atoms with Gasteiger partial charge in [0.1, 0.15) is 17.3 Å². The van der Waals surface area contributed by atoms with Gasteiger partial charge in [0.25, 0.3) is 11.7 Å². The summed E-state index contributed by atoms with van der Waals surface area (Å²) >= 11 is 0. The van der Waals surface area contributed by atoms with Gasteiger partial charge in [0.15, 0.2) is 0 Å². The Balaban J connectivity index is 1.89. The third-order valence-corrected chi connectivity index (χ3v) is 5.93. The molecule has 0 radical (unpaired) electrons. The number of aliphatic hydroxyl groups excluding tert-OH is 1. The van der Waals surface area contributed by atoms with Crippen LogP contribution < -0.4 is 14.4 Å². The van der Waals surface area contributed by atoms with Crippen LogP contribution in [0.15, 0.2) is 78.4 Å². The molecule has 4 rings (SSSR count). The molecule has 3 aromatic rings. The summed E-state index contributed by atoms with van der Waals surface area (Å²) in [4.78, 5) is 40.4. The van der Waals surface area contributed by atoms with Gasteiger partial charge in [-0.05, 0) is 74.0 Å². The first-order chi connectivity index (χ1) is 17.9. The van der Waals surface area contributed by atoms with Gasteiger partial charge in [0.05, 0.1) is 37.5 Å². The van der Waals surface area contributed by atoms with Crippen molar-refractivity contribution in [2.45, 2.75) is 19.9 Å². The number of anilines is 1. The number of amides is 1. The van der Waals surface area contributed by atoms with E-state index in [4.69, 9.17) is 14.2 Å². The molecule has 3 aromatic carbocycles. The van der Waals surface area contributed by atoms with E-state index >= 15 is 0 Å². The van der Waals surface area contributed by atoms with Crippen molar-refractivity contribution in [3.8, 4) is 11.5 Å². The number of carbonyl (C=O) groups excluding carboxylic acids is 3. The second-order valence-corrected chi connectivity index (χ2v) is 8.17. The number of nitrogens with zero attached hydrogens (tertiary/aromatic N) is 1. The van der Waals surface area contributed by atoms with Crippen molar-refractivity contribution in [1.82, 2.24) is 0 Å². The fraction of sp³-hybridized carbons (Fsp3) is 0.207. The minimum atomic E-state index is -0.973. The molecule has 0 spiro atoms. The summed E-state index contributed by atoms with van der Waals surface area (Å²) in [6, 6.07) is 18.8. The Labute approximate surface area is 214 Å². The predicted molar refractivity (Wildman–Crippen MR) is 138 cm³/mol. The highest BCUT2D eigenvalue weighted by atomic mass is 16.5. The van der Waals surface area contributed by atoms with Crippen molar-refractivity contribution in [2.24, 2.45) is 0 Å². The monoisotopic (exact) mass is 501 g/mol. The minimum Gasteiger partial charge on any atom is -0.507 e. The van der Waals surface area contributed by atoms with Crippen LogP contribution in [0, 0.1) is 0 Å². The summed E-state index contributed by atoms with van der Waals surface area (Å²) in [5.41, 5.74) is 1.37. The number of esters is 1. The highest BCUT2D eigenvalue weighted by molar-refractivity contribution is 6.51. The first kappa shape index (κ1) is 25.5. The molecule has 1 N–H and O–H groups in total. The van der Waals surface area contributed by atoms with E-state index in [2.05, 4.69) is 0 Å². The van der Waals surface area contributed by atoms with Crippen molar-refractivity contribution in [3.05, 3.63) is 95.1 Å². The highest BCUT2D eigenvalue weighted by Crippen LogP contribution is 2.43. The molecule has 0 aliphatic carbocycles. The Bertz CT molecular complexity index is 1360. The number of carbonyl (C=O) groups is 3. The summed E-state index contributed by atoms with van der Waals surface area (Å²) in [5, 5.41) is 11.3. The Hall–Kier alpha value is -4.59. The normalized spacial score (nSPS) is 16.5. The summed E-state index contributed by atoms with van der Waals surface area (Å²) < 4.78 is 15.9. The van der Waals surface area contributed by atoms with Crippen molar-refractivity contribution < 1.29 is 33.7 Å². The molecule has 1 aliphatic heterocycles. The molecule has 1 atom stereocenters. The Morgan fingerprint density at radius 1 is 0.892 bits per heavy atom. The molecule has 190 valence electrons. The predicted octanol–water partition coefficient (Wildman–Crippen LogP) is 4.90.